The van der Waals surface area contributed by atoms with Crippen LogP contribution in [-0.2, 0) is 6.54 Å². The van der Waals surface area contributed by atoms with Gasteiger partial charge in [-0.25, -0.2) is 4.98 Å². The Kier molecular flexibility index (Phi) is 4.98. The van der Waals surface area contributed by atoms with Crippen LogP contribution in [0.1, 0.15) is 40.9 Å². The molecule has 1 atom stereocenters. The van der Waals surface area contributed by atoms with Gasteiger partial charge in [-0.1, -0.05) is 48.3 Å². The van der Waals surface area contributed by atoms with Crippen molar-refractivity contribution in [1.82, 2.24) is 9.55 Å². The lowest BCUT2D eigenvalue weighted by atomic mass is 9.93. The van der Waals surface area contributed by atoms with Crippen LogP contribution in [0.4, 0.5) is 0 Å². The van der Waals surface area contributed by atoms with E-state index in [0.29, 0.717) is 11.6 Å². The Labute approximate surface area is 153 Å². The van der Waals surface area contributed by atoms with E-state index >= 15 is 0 Å². The summed E-state index contributed by atoms with van der Waals surface area (Å²) in [5, 5.41) is 1.41. The van der Waals surface area contributed by atoms with Gasteiger partial charge in [0.1, 0.15) is 5.82 Å². The molecule has 4 heteroatoms. The lowest BCUT2D eigenvalue weighted by Crippen LogP contribution is -2.10. The Morgan fingerprint density at radius 2 is 1.92 bits per heavy atom. The van der Waals surface area contributed by atoms with Crippen LogP contribution in [0.15, 0.2) is 48.8 Å². The van der Waals surface area contributed by atoms with Crippen molar-refractivity contribution in [2.45, 2.75) is 33.2 Å². The fourth-order valence-corrected chi connectivity index (χ4v) is 3.44. The zero-order chi connectivity index (χ0) is 17.3. The van der Waals surface area contributed by atoms with Gasteiger partial charge in [-0.05, 0) is 54.3 Å². The van der Waals surface area contributed by atoms with Gasteiger partial charge in [-0.15, -0.1) is 0 Å². The normalized spacial score (nSPS) is 12.4. The smallest absolute Gasteiger partial charge is 0.116 e. The highest BCUT2D eigenvalue weighted by molar-refractivity contribution is 6.33. The number of nitrogens with zero attached hydrogens (tertiary/aromatic N) is 2. The molecule has 1 heterocycles. The van der Waals surface area contributed by atoms with E-state index in [1.165, 1.54) is 16.7 Å². The second-order valence-electron chi connectivity index (χ2n) is 6.16. The van der Waals surface area contributed by atoms with Gasteiger partial charge in [0.05, 0.1) is 6.54 Å². The van der Waals surface area contributed by atoms with Gasteiger partial charge in [-0.3, -0.25) is 0 Å². The zero-order valence-electron chi connectivity index (χ0n) is 14.1. The van der Waals surface area contributed by atoms with Crippen molar-refractivity contribution in [3.63, 3.8) is 0 Å². The first-order valence-corrected chi connectivity index (χ1v) is 8.74. The maximum atomic E-state index is 6.32. The lowest BCUT2D eigenvalue weighted by Gasteiger charge is -2.18. The summed E-state index contributed by atoms with van der Waals surface area (Å²) < 4.78 is 2.14. The molecule has 1 aromatic heterocycles. The molecule has 0 aliphatic heterocycles. The van der Waals surface area contributed by atoms with E-state index in [1.807, 2.05) is 24.5 Å². The average molecular weight is 359 g/mol. The molecule has 0 unspecified atom stereocenters. The van der Waals surface area contributed by atoms with Crippen LogP contribution in [0.3, 0.4) is 0 Å². The number of halogens is 2. The van der Waals surface area contributed by atoms with Crippen molar-refractivity contribution in [1.29, 1.82) is 0 Å². The number of rotatable bonds is 4. The molecule has 0 amide bonds. The highest BCUT2D eigenvalue weighted by Gasteiger charge is 2.17. The summed E-state index contributed by atoms with van der Waals surface area (Å²) in [5.41, 5.74) is 4.92. The molecule has 0 aliphatic carbocycles. The Morgan fingerprint density at radius 3 is 2.71 bits per heavy atom. The molecule has 3 rings (SSSR count). The van der Waals surface area contributed by atoms with Gasteiger partial charge in [-0.2, -0.15) is 0 Å². The molecule has 0 saturated carbocycles. The van der Waals surface area contributed by atoms with Gasteiger partial charge in [0.2, 0.25) is 0 Å². The number of imidazole rings is 1. The van der Waals surface area contributed by atoms with Crippen molar-refractivity contribution < 1.29 is 0 Å². The van der Waals surface area contributed by atoms with E-state index in [2.05, 4.69) is 48.5 Å². The Hall–Kier alpha value is -1.77. The molecule has 0 N–H and O–H groups in total. The Bertz CT molecular complexity index is 868. The molecule has 124 valence electrons. The predicted molar refractivity (Wildman–Crippen MR) is 101 cm³/mol. The Balaban J connectivity index is 1.95. The fraction of sp³-hybridized carbons (Fsp3) is 0.250. The average Bonchev–Trinajstić information content (AvgIpc) is 3.01. The van der Waals surface area contributed by atoms with Gasteiger partial charge in [0.15, 0.2) is 0 Å². The lowest BCUT2D eigenvalue weighted by molar-refractivity contribution is 0.687. The summed E-state index contributed by atoms with van der Waals surface area (Å²) in [6.45, 7) is 7.16. The molecule has 0 aliphatic rings. The minimum absolute atomic E-state index is 0.206. The third kappa shape index (κ3) is 3.35. The molecule has 0 radical (unpaired) electrons. The van der Waals surface area contributed by atoms with E-state index in [-0.39, 0.29) is 5.92 Å². The van der Waals surface area contributed by atoms with Crippen LogP contribution in [0.2, 0.25) is 10.0 Å². The van der Waals surface area contributed by atoms with Gasteiger partial charge in [0.25, 0.3) is 0 Å². The first-order chi connectivity index (χ1) is 11.5. The summed E-state index contributed by atoms with van der Waals surface area (Å²) in [6, 6.07) is 12.0. The van der Waals surface area contributed by atoms with Gasteiger partial charge in [0, 0.05) is 28.4 Å². The minimum Gasteiger partial charge on any atom is -0.330 e. The standard InChI is InChI=1S/C20H20Cl2N2/c1-13-5-4-6-18(14(13)2)15(3)20-23-9-10-24(20)12-16-11-17(21)7-8-19(16)22/h4-11,15H,12H2,1-3H3/t15-/m0/s1. The first-order valence-electron chi connectivity index (χ1n) is 7.98. The largest absolute Gasteiger partial charge is 0.330 e. The van der Waals surface area contributed by atoms with Crippen LogP contribution in [0.25, 0.3) is 0 Å². The molecular formula is C20H20Cl2N2. The van der Waals surface area contributed by atoms with Gasteiger partial charge >= 0.3 is 0 Å². The van der Waals surface area contributed by atoms with E-state index in [1.54, 1.807) is 6.07 Å². The van der Waals surface area contributed by atoms with E-state index < -0.39 is 0 Å². The number of hydrogen-bond acceptors (Lipinski definition) is 1. The molecule has 0 spiro atoms. The molecule has 3 aromatic rings. The number of benzene rings is 2. The van der Waals surface area contributed by atoms with E-state index in [0.717, 1.165) is 16.4 Å². The highest BCUT2D eigenvalue weighted by Crippen LogP contribution is 2.28. The van der Waals surface area contributed by atoms with Crippen molar-refractivity contribution in [3.8, 4) is 0 Å². The van der Waals surface area contributed by atoms with Crippen molar-refractivity contribution >= 4 is 23.2 Å². The molecule has 0 saturated heterocycles. The monoisotopic (exact) mass is 358 g/mol. The minimum atomic E-state index is 0.206. The second kappa shape index (κ2) is 7.00. The summed E-state index contributed by atoms with van der Waals surface area (Å²) >= 11 is 12.4. The summed E-state index contributed by atoms with van der Waals surface area (Å²) in [5.74, 6) is 1.23. The fourth-order valence-electron chi connectivity index (χ4n) is 3.06. The molecule has 2 aromatic carbocycles. The molecule has 2 nitrogen and oxygen atoms in total. The van der Waals surface area contributed by atoms with Crippen LogP contribution in [-0.4, -0.2) is 9.55 Å². The molecule has 24 heavy (non-hydrogen) atoms. The third-order valence-corrected chi connectivity index (χ3v) is 5.20. The summed E-state index contributed by atoms with van der Waals surface area (Å²) in [7, 11) is 0. The topological polar surface area (TPSA) is 17.8 Å². The maximum Gasteiger partial charge on any atom is 0.116 e. The predicted octanol–water partition coefficient (Wildman–Crippen LogP) is 6.01. The van der Waals surface area contributed by atoms with Crippen LogP contribution in [0, 0.1) is 13.8 Å². The SMILES string of the molecule is Cc1cccc([C@H](C)c2nccn2Cc2cc(Cl)ccc2Cl)c1C. The summed E-state index contributed by atoms with van der Waals surface area (Å²) in [4.78, 5) is 4.60. The third-order valence-electron chi connectivity index (χ3n) is 4.60. The highest BCUT2D eigenvalue weighted by atomic mass is 35.5. The number of hydrogen-bond donors (Lipinski definition) is 0. The molecule has 0 fully saturated rings. The van der Waals surface area contributed by atoms with Crippen molar-refractivity contribution in [2.75, 3.05) is 0 Å². The number of aryl methyl sites for hydroxylation is 1. The first kappa shape index (κ1) is 17.1. The van der Waals surface area contributed by atoms with Crippen LogP contribution in [0.5, 0.6) is 0 Å². The Morgan fingerprint density at radius 1 is 1.12 bits per heavy atom. The number of aromatic nitrogens is 2. The van der Waals surface area contributed by atoms with Crippen LogP contribution >= 0.6 is 23.2 Å². The van der Waals surface area contributed by atoms with Crippen molar-refractivity contribution in [2.24, 2.45) is 0 Å². The van der Waals surface area contributed by atoms with Crippen LogP contribution < -0.4 is 0 Å². The van der Waals surface area contributed by atoms with Gasteiger partial charge < -0.3 is 4.57 Å². The van der Waals surface area contributed by atoms with E-state index in [4.69, 9.17) is 23.2 Å². The van der Waals surface area contributed by atoms with E-state index in [9.17, 15) is 0 Å². The zero-order valence-corrected chi connectivity index (χ0v) is 15.6. The summed E-state index contributed by atoms with van der Waals surface area (Å²) in [6.07, 6.45) is 3.84. The second-order valence-corrected chi connectivity index (χ2v) is 7.00. The quantitative estimate of drug-likeness (QED) is 0.558. The maximum absolute atomic E-state index is 6.32. The molecule has 0 bridgehead atoms. The van der Waals surface area contributed by atoms with Crippen molar-refractivity contribution in [3.05, 3.63) is 86.9 Å². The molecular weight excluding hydrogens is 339 g/mol.